The highest BCUT2D eigenvalue weighted by atomic mass is 16.5. The smallest absolute Gasteiger partial charge is 0.103 e. The van der Waals surface area contributed by atoms with Crippen LogP contribution in [0, 0.1) is 19.1 Å². The largest absolute Gasteiger partial charge is 0.633 e. The Hall–Kier alpha value is -1.06. The molecule has 0 N–H and O–H groups in total. The lowest BCUT2D eigenvalue weighted by atomic mass is 10.1. The standard InChI is InChI=1S/C14H24N2O/c1-11-8-7-9-12(2)14(11)15(4)10-13(3)16(5,6)17/h7-9,13H,10H2,1-6H3. The van der Waals surface area contributed by atoms with E-state index in [1.807, 2.05) is 6.92 Å². The lowest BCUT2D eigenvalue weighted by Crippen LogP contribution is -2.47. The number of hydroxylamine groups is 3. The van der Waals surface area contributed by atoms with E-state index >= 15 is 0 Å². The summed E-state index contributed by atoms with van der Waals surface area (Å²) in [5.41, 5.74) is 3.76. The molecule has 17 heavy (non-hydrogen) atoms. The van der Waals surface area contributed by atoms with Crippen molar-refractivity contribution in [1.82, 2.24) is 0 Å². The van der Waals surface area contributed by atoms with Crippen LogP contribution in [0.25, 0.3) is 0 Å². The fraction of sp³-hybridized carbons (Fsp3) is 0.571. The van der Waals surface area contributed by atoms with Crippen molar-refractivity contribution in [2.24, 2.45) is 0 Å². The minimum absolute atomic E-state index is 0.0546. The zero-order valence-corrected chi connectivity index (χ0v) is 11.8. The number of likely N-dealkylation sites (N-methyl/N-ethyl adjacent to an activating group) is 2. The number of hydrogen-bond donors (Lipinski definition) is 0. The van der Waals surface area contributed by atoms with Crippen LogP contribution >= 0.6 is 0 Å². The summed E-state index contributed by atoms with van der Waals surface area (Å²) in [6, 6.07) is 6.35. The van der Waals surface area contributed by atoms with Gasteiger partial charge in [-0.15, -0.1) is 0 Å². The van der Waals surface area contributed by atoms with Crippen LogP contribution in [0.2, 0.25) is 0 Å². The van der Waals surface area contributed by atoms with Crippen molar-refractivity contribution in [2.45, 2.75) is 26.8 Å². The molecule has 1 atom stereocenters. The van der Waals surface area contributed by atoms with Crippen molar-refractivity contribution in [1.29, 1.82) is 0 Å². The summed E-state index contributed by atoms with van der Waals surface area (Å²) in [5, 5.41) is 11.9. The molecule has 3 heteroatoms. The van der Waals surface area contributed by atoms with Gasteiger partial charge in [0.15, 0.2) is 0 Å². The Kier molecular flexibility index (Phi) is 4.17. The Morgan fingerprint density at radius 3 is 2.12 bits per heavy atom. The van der Waals surface area contributed by atoms with Crippen molar-refractivity contribution in [3.63, 3.8) is 0 Å². The number of quaternary nitrogens is 1. The van der Waals surface area contributed by atoms with Gasteiger partial charge in [0.2, 0.25) is 0 Å². The number of hydrogen-bond acceptors (Lipinski definition) is 2. The molecule has 0 saturated heterocycles. The number of aryl methyl sites for hydroxylation is 2. The maximum atomic E-state index is 11.9. The third kappa shape index (κ3) is 3.45. The molecule has 0 heterocycles. The summed E-state index contributed by atoms with van der Waals surface area (Å²) in [5.74, 6) is 0. The number of benzene rings is 1. The molecule has 0 radical (unpaired) electrons. The van der Waals surface area contributed by atoms with Crippen LogP contribution in [-0.4, -0.2) is 38.4 Å². The minimum Gasteiger partial charge on any atom is -0.633 e. The zero-order chi connectivity index (χ0) is 13.2. The number of rotatable bonds is 4. The van der Waals surface area contributed by atoms with Crippen molar-refractivity contribution in [3.8, 4) is 0 Å². The van der Waals surface area contributed by atoms with Gasteiger partial charge in [-0.2, -0.15) is 0 Å². The van der Waals surface area contributed by atoms with Gasteiger partial charge in [-0.3, -0.25) is 0 Å². The molecular weight excluding hydrogens is 212 g/mol. The predicted octanol–water partition coefficient (Wildman–Crippen LogP) is 2.70. The third-order valence-electron chi connectivity index (χ3n) is 3.42. The summed E-state index contributed by atoms with van der Waals surface area (Å²) in [7, 11) is 5.45. The Balaban J connectivity index is 2.87. The molecule has 1 unspecified atom stereocenters. The third-order valence-corrected chi connectivity index (χ3v) is 3.42. The van der Waals surface area contributed by atoms with Crippen LogP contribution in [0.15, 0.2) is 18.2 Å². The fourth-order valence-corrected chi connectivity index (χ4v) is 2.09. The maximum Gasteiger partial charge on any atom is 0.103 e. The highest BCUT2D eigenvalue weighted by Gasteiger charge is 2.18. The number of anilines is 1. The summed E-state index contributed by atoms with van der Waals surface area (Å²) in [6.45, 7) is 6.99. The van der Waals surface area contributed by atoms with Gasteiger partial charge in [-0.05, 0) is 31.9 Å². The quantitative estimate of drug-likeness (QED) is 0.593. The Morgan fingerprint density at radius 1 is 1.24 bits per heavy atom. The first-order valence-electron chi connectivity index (χ1n) is 6.05. The van der Waals surface area contributed by atoms with Gasteiger partial charge in [0.1, 0.15) is 6.04 Å². The van der Waals surface area contributed by atoms with Crippen molar-refractivity contribution < 1.29 is 4.65 Å². The van der Waals surface area contributed by atoms with Crippen molar-refractivity contribution in [3.05, 3.63) is 34.5 Å². The highest BCUT2D eigenvalue weighted by Crippen LogP contribution is 2.24. The Bertz CT molecular complexity index is 362. The Labute approximate surface area is 105 Å². The molecule has 0 spiro atoms. The predicted molar refractivity (Wildman–Crippen MR) is 74.1 cm³/mol. The molecule has 0 aliphatic carbocycles. The molecular formula is C14H24N2O. The zero-order valence-electron chi connectivity index (χ0n) is 11.8. The number of para-hydroxylation sites is 1. The van der Waals surface area contributed by atoms with Crippen LogP contribution in [0.4, 0.5) is 5.69 Å². The second-order valence-corrected chi connectivity index (χ2v) is 5.40. The molecule has 0 saturated carbocycles. The van der Waals surface area contributed by atoms with E-state index in [0.717, 1.165) is 6.54 Å². The van der Waals surface area contributed by atoms with E-state index in [-0.39, 0.29) is 10.7 Å². The first-order chi connectivity index (χ1) is 7.73. The average Bonchev–Trinajstić information content (AvgIpc) is 2.15. The van der Waals surface area contributed by atoms with Gasteiger partial charge in [0, 0.05) is 12.7 Å². The van der Waals surface area contributed by atoms with Crippen LogP contribution in [0.1, 0.15) is 18.1 Å². The van der Waals surface area contributed by atoms with Gasteiger partial charge in [0.05, 0.1) is 20.6 Å². The summed E-state index contributed by atoms with van der Waals surface area (Å²) in [6.07, 6.45) is 0. The minimum atomic E-state index is -0.255. The van der Waals surface area contributed by atoms with E-state index in [1.54, 1.807) is 14.1 Å². The average molecular weight is 236 g/mol. The van der Waals surface area contributed by atoms with Gasteiger partial charge >= 0.3 is 0 Å². The van der Waals surface area contributed by atoms with Crippen LogP contribution < -0.4 is 4.90 Å². The molecule has 0 bridgehead atoms. The molecule has 0 aromatic heterocycles. The van der Waals surface area contributed by atoms with Crippen molar-refractivity contribution in [2.75, 3.05) is 32.6 Å². The van der Waals surface area contributed by atoms with Crippen LogP contribution in [0.3, 0.4) is 0 Å². The second kappa shape index (κ2) is 5.07. The molecule has 0 fully saturated rings. The van der Waals surface area contributed by atoms with E-state index in [4.69, 9.17) is 0 Å². The second-order valence-electron chi connectivity index (χ2n) is 5.40. The molecule has 96 valence electrons. The first kappa shape index (κ1) is 14.0. The van der Waals surface area contributed by atoms with E-state index < -0.39 is 0 Å². The summed E-state index contributed by atoms with van der Waals surface area (Å²) < 4.78 is -0.255. The first-order valence-corrected chi connectivity index (χ1v) is 6.05. The molecule has 0 aliphatic heterocycles. The molecule has 1 aromatic carbocycles. The molecule has 0 aliphatic rings. The Morgan fingerprint density at radius 2 is 1.71 bits per heavy atom. The van der Waals surface area contributed by atoms with E-state index in [2.05, 4.69) is 44.0 Å². The topological polar surface area (TPSA) is 26.3 Å². The lowest BCUT2D eigenvalue weighted by molar-refractivity contribution is -0.862. The van der Waals surface area contributed by atoms with Crippen LogP contribution in [-0.2, 0) is 0 Å². The maximum absolute atomic E-state index is 11.9. The summed E-state index contributed by atoms with van der Waals surface area (Å²) in [4.78, 5) is 2.19. The normalized spacial score (nSPS) is 13.6. The summed E-state index contributed by atoms with van der Waals surface area (Å²) >= 11 is 0. The van der Waals surface area contributed by atoms with Crippen LogP contribution in [0.5, 0.6) is 0 Å². The molecule has 1 aromatic rings. The monoisotopic (exact) mass is 236 g/mol. The fourth-order valence-electron chi connectivity index (χ4n) is 2.09. The molecule has 3 nitrogen and oxygen atoms in total. The van der Waals surface area contributed by atoms with Gasteiger partial charge < -0.3 is 14.8 Å². The van der Waals surface area contributed by atoms with Gasteiger partial charge in [-0.25, -0.2) is 0 Å². The number of nitrogens with zero attached hydrogens (tertiary/aromatic N) is 2. The van der Waals surface area contributed by atoms with E-state index in [1.165, 1.54) is 16.8 Å². The van der Waals surface area contributed by atoms with E-state index in [9.17, 15) is 5.21 Å². The SMILES string of the molecule is Cc1cccc(C)c1N(C)CC(C)[N+](C)(C)[O-]. The van der Waals surface area contributed by atoms with Gasteiger partial charge in [-0.1, -0.05) is 18.2 Å². The molecule has 1 rings (SSSR count). The van der Waals surface area contributed by atoms with E-state index in [0.29, 0.717) is 0 Å². The molecule has 0 amide bonds. The lowest BCUT2D eigenvalue weighted by Gasteiger charge is -2.42. The van der Waals surface area contributed by atoms with Gasteiger partial charge in [0.25, 0.3) is 0 Å². The van der Waals surface area contributed by atoms with Crippen molar-refractivity contribution >= 4 is 5.69 Å². The highest BCUT2D eigenvalue weighted by molar-refractivity contribution is 5.58.